The van der Waals surface area contributed by atoms with E-state index in [9.17, 15) is 9.59 Å². The van der Waals surface area contributed by atoms with E-state index in [4.69, 9.17) is 4.74 Å². The van der Waals surface area contributed by atoms with Crippen molar-refractivity contribution in [1.29, 1.82) is 0 Å². The van der Waals surface area contributed by atoms with Crippen molar-refractivity contribution in [3.8, 4) is 5.75 Å². The maximum atomic E-state index is 12.5. The highest BCUT2D eigenvalue weighted by Gasteiger charge is 2.25. The average Bonchev–Trinajstić information content (AvgIpc) is 3.35. The number of thiazole rings is 1. The molecule has 0 saturated heterocycles. The molecule has 1 N–H and O–H groups in total. The first kappa shape index (κ1) is 18.6. The van der Waals surface area contributed by atoms with Crippen molar-refractivity contribution in [2.45, 2.75) is 19.9 Å². The summed E-state index contributed by atoms with van der Waals surface area (Å²) in [6, 6.07) is 11.3. The van der Waals surface area contributed by atoms with E-state index in [1.54, 1.807) is 11.0 Å². The molecule has 1 aliphatic heterocycles. The Kier molecular flexibility index (Phi) is 5.40. The summed E-state index contributed by atoms with van der Waals surface area (Å²) in [7, 11) is 0. The molecule has 3 heterocycles. The molecule has 0 spiro atoms. The summed E-state index contributed by atoms with van der Waals surface area (Å²) in [5.74, 6) is 0.493. The first-order valence-electron chi connectivity index (χ1n) is 8.89. The van der Waals surface area contributed by atoms with Gasteiger partial charge in [-0.1, -0.05) is 29.5 Å². The van der Waals surface area contributed by atoms with E-state index in [0.29, 0.717) is 35.3 Å². The molecule has 0 fully saturated rings. The molecule has 3 aromatic rings. The zero-order valence-corrected chi connectivity index (χ0v) is 16.9. The molecule has 0 radical (unpaired) electrons. The van der Waals surface area contributed by atoms with Gasteiger partial charge in [-0.25, -0.2) is 4.98 Å². The smallest absolute Gasteiger partial charge is 0.267 e. The Morgan fingerprint density at radius 1 is 1.29 bits per heavy atom. The van der Waals surface area contributed by atoms with Gasteiger partial charge >= 0.3 is 0 Å². The van der Waals surface area contributed by atoms with Gasteiger partial charge in [-0.05, 0) is 36.1 Å². The molecule has 4 rings (SSSR count). The molecule has 28 heavy (non-hydrogen) atoms. The number of thiophene rings is 1. The number of hydrogen-bond acceptors (Lipinski definition) is 6. The summed E-state index contributed by atoms with van der Waals surface area (Å²) in [5.41, 5.74) is 2.05. The summed E-state index contributed by atoms with van der Waals surface area (Å²) < 4.78 is 5.63. The normalized spacial score (nSPS) is 13.1. The number of aryl methyl sites for hydroxylation is 1. The summed E-state index contributed by atoms with van der Waals surface area (Å²) in [6.45, 7) is 3.10. The number of carbonyl (C=O) groups is 2. The molecule has 6 nitrogen and oxygen atoms in total. The van der Waals surface area contributed by atoms with Crippen LogP contribution in [0.4, 0.5) is 5.13 Å². The highest BCUT2D eigenvalue weighted by molar-refractivity contribution is 7.16. The van der Waals surface area contributed by atoms with E-state index >= 15 is 0 Å². The second kappa shape index (κ2) is 8.12. The van der Waals surface area contributed by atoms with Crippen molar-refractivity contribution < 1.29 is 14.3 Å². The molecule has 144 valence electrons. The first-order chi connectivity index (χ1) is 13.6. The quantitative estimate of drug-likeness (QED) is 0.692. The van der Waals surface area contributed by atoms with Gasteiger partial charge in [-0.2, -0.15) is 0 Å². The third-order valence-electron chi connectivity index (χ3n) is 4.40. The van der Waals surface area contributed by atoms with Gasteiger partial charge in [0.2, 0.25) is 0 Å². The molecular formula is C20H19N3O3S2. The number of amides is 2. The number of ether oxygens (including phenoxy) is 1. The van der Waals surface area contributed by atoms with E-state index in [-0.39, 0.29) is 18.4 Å². The predicted molar refractivity (Wildman–Crippen MR) is 110 cm³/mol. The molecule has 0 saturated carbocycles. The van der Waals surface area contributed by atoms with Crippen molar-refractivity contribution in [3.05, 3.63) is 62.8 Å². The number of anilines is 1. The molecule has 2 amide bonds. The maximum absolute atomic E-state index is 12.5. The fraction of sp³-hybridized carbons (Fsp3) is 0.250. The Morgan fingerprint density at radius 3 is 2.96 bits per heavy atom. The molecule has 8 heteroatoms. The van der Waals surface area contributed by atoms with Crippen LogP contribution in [0.2, 0.25) is 0 Å². The third-order valence-corrected chi connectivity index (χ3v) is 6.27. The van der Waals surface area contributed by atoms with Crippen LogP contribution in [0.25, 0.3) is 0 Å². The van der Waals surface area contributed by atoms with Gasteiger partial charge in [0.25, 0.3) is 11.8 Å². The van der Waals surface area contributed by atoms with E-state index in [1.165, 1.54) is 22.7 Å². The molecule has 2 aromatic heterocycles. The van der Waals surface area contributed by atoms with E-state index < -0.39 is 0 Å². The lowest BCUT2D eigenvalue weighted by atomic mass is 10.2. The average molecular weight is 414 g/mol. The number of nitrogens with zero attached hydrogens (tertiary/aromatic N) is 2. The van der Waals surface area contributed by atoms with Gasteiger partial charge in [0.05, 0.1) is 17.1 Å². The lowest BCUT2D eigenvalue weighted by molar-refractivity contribution is -0.134. The first-order valence-corrected chi connectivity index (χ1v) is 10.6. The Bertz CT molecular complexity index is 998. The topological polar surface area (TPSA) is 71.5 Å². The number of benzene rings is 1. The van der Waals surface area contributed by atoms with Gasteiger partial charge in [-0.15, -0.1) is 11.3 Å². The van der Waals surface area contributed by atoms with E-state index in [1.807, 2.05) is 42.6 Å². The predicted octanol–water partition coefficient (Wildman–Crippen LogP) is 3.73. The van der Waals surface area contributed by atoms with Crippen LogP contribution < -0.4 is 10.1 Å². The second-order valence-corrected chi connectivity index (χ2v) is 8.52. The highest BCUT2D eigenvalue weighted by Crippen LogP contribution is 2.29. The largest absolute Gasteiger partial charge is 0.484 e. The third kappa shape index (κ3) is 4.23. The minimum Gasteiger partial charge on any atom is -0.484 e. The van der Waals surface area contributed by atoms with Crippen LogP contribution in [0.15, 0.2) is 41.8 Å². The number of carbonyl (C=O) groups excluding carboxylic acids is 2. The number of aromatic nitrogens is 1. The van der Waals surface area contributed by atoms with Crippen molar-refractivity contribution in [3.63, 3.8) is 0 Å². The van der Waals surface area contributed by atoms with Crippen molar-refractivity contribution in [2.24, 2.45) is 0 Å². The Labute approximate surface area is 170 Å². The standard InChI is InChI=1S/C20H19N3O3S2/c1-13-4-2-5-14(10-13)26-12-18(24)23-8-7-15-17(11-23)28-20(21-15)22-19(25)16-6-3-9-27-16/h2-6,9-10H,7-8,11-12H2,1H3,(H,21,22,25). The molecule has 0 bridgehead atoms. The Morgan fingerprint density at radius 2 is 2.18 bits per heavy atom. The molecule has 0 unspecified atom stereocenters. The van der Waals surface area contributed by atoms with E-state index in [0.717, 1.165) is 16.1 Å². The van der Waals surface area contributed by atoms with Crippen molar-refractivity contribution in [1.82, 2.24) is 9.88 Å². The van der Waals surface area contributed by atoms with Crippen LogP contribution in [0, 0.1) is 6.92 Å². The van der Waals surface area contributed by atoms with Crippen LogP contribution in [0.1, 0.15) is 25.8 Å². The summed E-state index contributed by atoms with van der Waals surface area (Å²) in [5, 5.41) is 5.29. The van der Waals surface area contributed by atoms with Crippen LogP contribution in [0.3, 0.4) is 0 Å². The van der Waals surface area contributed by atoms with Crippen LogP contribution in [0.5, 0.6) is 5.75 Å². The summed E-state index contributed by atoms with van der Waals surface area (Å²) in [6.07, 6.45) is 0.677. The molecule has 0 atom stereocenters. The number of nitrogens with one attached hydrogen (secondary N) is 1. The van der Waals surface area contributed by atoms with Crippen LogP contribution in [-0.4, -0.2) is 34.8 Å². The zero-order chi connectivity index (χ0) is 19.5. The van der Waals surface area contributed by atoms with Crippen molar-refractivity contribution >= 4 is 39.6 Å². The Balaban J connectivity index is 1.35. The minimum atomic E-state index is -0.152. The van der Waals surface area contributed by atoms with Gasteiger partial charge < -0.3 is 9.64 Å². The van der Waals surface area contributed by atoms with Gasteiger partial charge in [-0.3, -0.25) is 14.9 Å². The lowest BCUT2D eigenvalue weighted by Crippen LogP contribution is -2.38. The number of hydrogen-bond donors (Lipinski definition) is 1. The Hall–Kier alpha value is -2.71. The molecule has 1 aromatic carbocycles. The van der Waals surface area contributed by atoms with Gasteiger partial charge in [0.15, 0.2) is 11.7 Å². The zero-order valence-electron chi connectivity index (χ0n) is 15.3. The van der Waals surface area contributed by atoms with Gasteiger partial charge in [0, 0.05) is 17.8 Å². The van der Waals surface area contributed by atoms with Crippen LogP contribution >= 0.6 is 22.7 Å². The SMILES string of the molecule is Cc1cccc(OCC(=O)N2CCc3nc(NC(=O)c4cccs4)sc3C2)c1. The summed E-state index contributed by atoms with van der Waals surface area (Å²) in [4.78, 5) is 32.7. The van der Waals surface area contributed by atoms with Crippen molar-refractivity contribution in [2.75, 3.05) is 18.5 Å². The van der Waals surface area contributed by atoms with E-state index in [2.05, 4.69) is 10.3 Å². The maximum Gasteiger partial charge on any atom is 0.267 e. The second-order valence-electron chi connectivity index (χ2n) is 6.49. The van der Waals surface area contributed by atoms with Crippen LogP contribution in [-0.2, 0) is 17.8 Å². The molecule has 1 aliphatic rings. The fourth-order valence-corrected chi connectivity index (χ4v) is 4.61. The molecular weight excluding hydrogens is 394 g/mol. The minimum absolute atomic E-state index is 0.0135. The lowest BCUT2D eigenvalue weighted by Gasteiger charge is -2.26. The summed E-state index contributed by atoms with van der Waals surface area (Å²) >= 11 is 2.82. The number of fused-ring (bicyclic) bond motifs is 1. The molecule has 0 aliphatic carbocycles. The fourth-order valence-electron chi connectivity index (χ4n) is 2.97. The monoisotopic (exact) mass is 413 g/mol. The van der Waals surface area contributed by atoms with Gasteiger partial charge in [0.1, 0.15) is 5.75 Å². The highest BCUT2D eigenvalue weighted by atomic mass is 32.1. The number of rotatable bonds is 5.